The second-order valence-electron chi connectivity index (χ2n) is 5.23. The van der Waals surface area contributed by atoms with Crippen LogP contribution < -0.4 is 14.2 Å². The molecule has 130 valence electrons. The number of rotatable bonds is 6. The van der Waals surface area contributed by atoms with E-state index < -0.39 is 18.5 Å². The van der Waals surface area contributed by atoms with Crippen LogP contribution in [0.5, 0.6) is 17.2 Å². The van der Waals surface area contributed by atoms with Crippen LogP contribution in [0.3, 0.4) is 0 Å². The fourth-order valence-electron chi connectivity index (χ4n) is 2.68. The smallest absolute Gasteiger partial charge is 0.390 e. The van der Waals surface area contributed by atoms with Gasteiger partial charge in [-0.25, -0.2) is 0 Å². The molecule has 2 aromatic rings. The molecule has 0 heterocycles. The van der Waals surface area contributed by atoms with Crippen LogP contribution in [0.4, 0.5) is 13.2 Å². The summed E-state index contributed by atoms with van der Waals surface area (Å²) in [5.41, 5.74) is 0.890. The van der Waals surface area contributed by atoms with E-state index in [0.29, 0.717) is 28.4 Å². The highest BCUT2D eigenvalue weighted by Crippen LogP contribution is 2.46. The molecule has 0 aromatic heterocycles. The van der Waals surface area contributed by atoms with E-state index in [0.717, 1.165) is 0 Å². The fourth-order valence-corrected chi connectivity index (χ4v) is 2.68. The molecule has 0 aliphatic carbocycles. The summed E-state index contributed by atoms with van der Waals surface area (Å²) in [6.07, 6.45) is -5.35. The van der Waals surface area contributed by atoms with Crippen LogP contribution in [-0.4, -0.2) is 27.5 Å². The third-order valence-corrected chi connectivity index (χ3v) is 3.74. The standard InChI is InChI=1S/C18H19F3O3/c1-22-13-9-15(23-2)17(16(10-13)24-3)14(11-18(19,20)21)12-7-5-4-6-8-12/h4-10,14H,11H2,1-3H3. The highest BCUT2D eigenvalue weighted by molar-refractivity contribution is 5.55. The van der Waals surface area contributed by atoms with Gasteiger partial charge in [0.15, 0.2) is 0 Å². The van der Waals surface area contributed by atoms with Gasteiger partial charge in [0.05, 0.1) is 27.8 Å². The first kappa shape index (κ1) is 18.0. The summed E-state index contributed by atoms with van der Waals surface area (Å²) in [7, 11) is 4.29. The molecule has 0 amide bonds. The summed E-state index contributed by atoms with van der Waals surface area (Å²) in [5.74, 6) is 0.0990. The van der Waals surface area contributed by atoms with Gasteiger partial charge in [0.25, 0.3) is 0 Å². The molecule has 0 aliphatic rings. The number of halogens is 3. The van der Waals surface area contributed by atoms with Crippen molar-refractivity contribution in [2.24, 2.45) is 0 Å². The first-order chi connectivity index (χ1) is 11.4. The topological polar surface area (TPSA) is 27.7 Å². The minimum atomic E-state index is -4.34. The second-order valence-corrected chi connectivity index (χ2v) is 5.23. The molecule has 0 N–H and O–H groups in total. The Morgan fingerprint density at radius 3 is 1.83 bits per heavy atom. The van der Waals surface area contributed by atoms with Gasteiger partial charge in [-0.1, -0.05) is 30.3 Å². The number of hydrogen-bond donors (Lipinski definition) is 0. The second kappa shape index (κ2) is 7.47. The van der Waals surface area contributed by atoms with E-state index in [4.69, 9.17) is 14.2 Å². The molecule has 0 fully saturated rings. The fraction of sp³-hybridized carbons (Fsp3) is 0.333. The summed E-state index contributed by atoms with van der Waals surface area (Å²) in [5, 5.41) is 0. The van der Waals surface area contributed by atoms with Crippen molar-refractivity contribution in [3.8, 4) is 17.2 Å². The van der Waals surface area contributed by atoms with Crippen molar-refractivity contribution in [3.05, 3.63) is 53.6 Å². The average Bonchev–Trinajstić information content (AvgIpc) is 2.58. The summed E-state index contributed by atoms with van der Waals surface area (Å²) in [6.45, 7) is 0. The Balaban J connectivity index is 2.65. The number of ether oxygens (including phenoxy) is 3. The molecule has 0 saturated carbocycles. The van der Waals surface area contributed by atoms with E-state index in [9.17, 15) is 13.2 Å². The summed E-state index contributed by atoms with van der Waals surface area (Å²) in [4.78, 5) is 0. The normalized spacial score (nSPS) is 12.6. The Hall–Kier alpha value is -2.37. The SMILES string of the molecule is COc1cc(OC)c(C(CC(F)(F)F)c2ccccc2)c(OC)c1. The first-order valence-electron chi connectivity index (χ1n) is 7.31. The Kier molecular flexibility index (Phi) is 5.59. The largest absolute Gasteiger partial charge is 0.496 e. The Labute approximate surface area is 139 Å². The van der Waals surface area contributed by atoms with Crippen LogP contribution in [0.25, 0.3) is 0 Å². The van der Waals surface area contributed by atoms with Gasteiger partial charge in [0, 0.05) is 23.6 Å². The molecule has 0 spiro atoms. The highest BCUT2D eigenvalue weighted by Gasteiger charge is 2.36. The molecular weight excluding hydrogens is 321 g/mol. The van der Waals surface area contributed by atoms with Crippen molar-refractivity contribution in [3.63, 3.8) is 0 Å². The summed E-state index contributed by atoms with van der Waals surface area (Å²) < 4.78 is 55.4. The monoisotopic (exact) mass is 340 g/mol. The number of hydrogen-bond acceptors (Lipinski definition) is 3. The maximum atomic E-state index is 13.2. The Bertz CT molecular complexity index is 644. The molecular formula is C18H19F3O3. The first-order valence-corrected chi connectivity index (χ1v) is 7.31. The molecule has 0 bridgehead atoms. The molecule has 0 radical (unpaired) electrons. The van der Waals surface area contributed by atoms with E-state index in [1.807, 2.05) is 0 Å². The lowest BCUT2D eigenvalue weighted by molar-refractivity contribution is -0.136. The van der Waals surface area contributed by atoms with Gasteiger partial charge in [0.1, 0.15) is 17.2 Å². The lowest BCUT2D eigenvalue weighted by Gasteiger charge is -2.24. The van der Waals surface area contributed by atoms with Crippen LogP contribution in [0, 0.1) is 0 Å². The van der Waals surface area contributed by atoms with Gasteiger partial charge in [-0.05, 0) is 5.56 Å². The zero-order valence-electron chi connectivity index (χ0n) is 13.7. The van der Waals surface area contributed by atoms with E-state index in [2.05, 4.69) is 0 Å². The minimum Gasteiger partial charge on any atom is -0.496 e. The zero-order chi connectivity index (χ0) is 17.7. The van der Waals surface area contributed by atoms with Crippen LogP contribution in [0.15, 0.2) is 42.5 Å². The van der Waals surface area contributed by atoms with Crippen molar-refractivity contribution >= 4 is 0 Å². The van der Waals surface area contributed by atoms with E-state index in [1.54, 1.807) is 42.5 Å². The van der Waals surface area contributed by atoms with Gasteiger partial charge in [-0.3, -0.25) is 0 Å². The lowest BCUT2D eigenvalue weighted by Crippen LogP contribution is -2.16. The predicted octanol–water partition coefficient (Wildman–Crippen LogP) is 4.80. The van der Waals surface area contributed by atoms with Gasteiger partial charge >= 0.3 is 6.18 Å². The van der Waals surface area contributed by atoms with Crippen molar-refractivity contribution in [1.29, 1.82) is 0 Å². The van der Waals surface area contributed by atoms with Crippen LogP contribution >= 0.6 is 0 Å². The summed E-state index contributed by atoms with van der Waals surface area (Å²) >= 11 is 0. The molecule has 2 rings (SSSR count). The third kappa shape index (κ3) is 4.13. The quantitative estimate of drug-likeness (QED) is 0.756. The molecule has 0 saturated heterocycles. The molecule has 1 unspecified atom stereocenters. The van der Waals surface area contributed by atoms with Gasteiger partial charge in [-0.2, -0.15) is 13.2 Å². The number of alkyl halides is 3. The molecule has 6 heteroatoms. The summed E-state index contributed by atoms with van der Waals surface area (Å²) in [6, 6.07) is 11.6. The maximum absolute atomic E-state index is 13.2. The molecule has 2 aromatic carbocycles. The van der Waals surface area contributed by atoms with Crippen LogP contribution in [-0.2, 0) is 0 Å². The number of benzene rings is 2. The van der Waals surface area contributed by atoms with Gasteiger partial charge in [-0.15, -0.1) is 0 Å². The lowest BCUT2D eigenvalue weighted by atomic mass is 9.87. The average molecular weight is 340 g/mol. The van der Waals surface area contributed by atoms with Crippen molar-refractivity contribution < 1.29 is 27.4 Å². The maximum Gasteiger partial charge on any atom is 0.390 e. The van der Waals surface area contributed by atoms with E-state index in [1.165, 1.54) is 21.3 Å². The van der Waals surface area contributed by atoms with Crippen molar-refractivity contribution in [1.82, 2.24) is 0 Å². The molecule has 1 atom stereocenters. The van der Waals surface area contributed by atoms with Gasteiger partial charge in [0.2, 0.25) is 0 Å². The van der Waals surface area contributed by atoms with Crippen LogP contribution in [0.1, 0.15) is 23.5 Å². The molecule has 3 nitrogen and oxygen atoms in total. The minimum absolute atomic E-state index is 0.296. The van der Waals surface area contributed by atoms with E-state index >= 15 is 0 Å². The zero-order valence-corrected chi connectivity index (χ0v) is 13.7. The van der Waals surface area contributed by atoms with Crippen molar-refractivity contribution in [2.45, 2.75) is 18.5 Å². The molecule has 0 aliphatic heterocycles. The third-order valence-electron chi connectivity index (χ3n) is 3.74. The predicted molar refractivity (Wildman–Crippen MR) is 85.1 cm³/mol. The Morgan fingerprint density at radius 2 is 1.42 bits per heavy atom. The Morgan fingerprint density at radius 1 is 0.875 bits per heavy atom. The van der Waals surface area contributed by atoms with Gasteiger partial charge < -0.3 is 14.2 Å². The van der Waals surface area contributed by atoms with Crippen molar-refractivity contribution in [2.75, 3.05) is 21.3 Å². The highest BCUT2D eigenvalue weighted by atomic mass is 19.4. The van der Waals surface area contributed by atoms with E-state index in [-0.39, 0.29) is 0 Å². The number of methoxy groups -OCH3 is 3. The molecule has 24 heavy (non-hydrogen) atoms. The van der Waals surface area contributed by atoms with Crippen LogP contribution in [0.2, 0.25) is 0 Å².